The summed E-state index contributed by atoms with van der Waals surface area (Å²) in [6.07, 6.45) is 1.91. The molecule has 1 saturated heterocycles. The van der Waals surface area contributed by atoms with E-state index in [1.165, 1.54) is 17.7 Å². The van der Waals surface area contributed by atoms with Crippen molar-refractivity contribution in [1.29, 1.82) is 0 Å². The summed E-state index contributed by atoms with van der Waals surface area (Å²) in [5.74, 6) is 0.736. The second kappa shape index (κ2) is 12.7. The Hall–Kier alpha value is -1.93. The number of likely N-dealkylation sites (tertiary alicyclic amines) is 1. The lowest BCUT2D eigenvalue weighted by molar-refractivity contribution is 0.0331. The van der Waals surface area contributed by atoms with Crippen molar-refractivity contribution in [3.8, 4) is 0 Å². The van der Waals surface area contributed by atoms with Crippen LogP contribution in [0.25, 0.3) is 0 Å². The van der Waals surface area contributed by atoms with Crippen LogP contribution in [0.3, 0.4) is 0 Å². The first-order chi connectivity index (χ1) is 14.8. The Morgan fingerprint density at radius 3 is 2.67 bits per heavy atom. The molecule has 2 atom stereocenters. The van der Waals surface area contributed by atoms with Crippen LogP contribution in [0.4, 0.5) is 0 Å². The molecule has 3 N–H and O–H groups in total. The average Bonchev–Trinajstić information content (AvgIpc) is 3.48. The van der Waals surface area contributed by atoms with E-state index in [9.17, 15) is 5.11 Å². The van der Waals surface area contributed by atoms with Crippen molar-refractivity contribution < 1.29 is 9.84 Å². The Bertz CT molecular complexity index is 733. The SMILES string of the molecule is CCNC(=NCC(O)COCc1ccccc1)NCC(c1cccs1)N1CCCC1. The third kappa shape index (κ3) is 7.40. The highest BCUT2D eigenvalue weighted by Gasteiger charge is 2.24. The Kier molecular flexibility index (Phi) is 9.63. The van der Waals surface area contributed by atoms with Crippen LogP contribution in [-0.2, 0) is 11.3 Å². The van der Waals surface area contributed by atoms with E-state index in [1.54, 1.807) is 0 Å². The van der Waals surface area contributed by atoms with Crippen molar-refractivity contribution in [3.05, 3.63) is 58.3 Å². The fourth-order valence-corrected chi connectivity index (χ4v) is 4.48. The molecule has 6 nitrogen and oxygen atoms in total. The van der Waals surface area contributed by atoms with Crippen LogP contribution in [0.2, 0.25) is 0 Å². The van der Waals surface area contributed by atoms with Crippen molar-refractivity contribution in [2.45, 2.75) is 38.5 Å². The number of thiophene rings is 1. The lowest BCUT2D eigenvalue weighted by Crippen LogP contribution is -2.43. The number of benzene rings is 1. The molecule has 2 heterocycles. The van der Waals surface area contributed by atoms with E-state index in [0.717, 1.165) is 37.7 Å². The highest BCUT2D eigenvalue weighted by molar-refractivity contribution is 7.10. The van der Waals surface area contributed by atoms with Crippen LogP contribution < -0.4 is 10.6 Å². The topological polar surface area (TPSA) is 69.1 Å². The average molecular weight is 431 g/mol. The number of nitrogens with one attached hydrogen (secondary N) is 2. The Balaban J connectivity index is 1.47. The van der Waals surface area contributed by atoms with Crippen molar-refractivity contribution in [2.24, 2.45) is 4.99 Å². The number of nitrogens with zero attached hydrogens (tertiary/aromatic N) is 2. The van der Waals surface area contributed by atoms with E-state index >= 15 is 0 Å². The number of rotatable bonds is 11. The van der Waals surface area contributed by atoms with Crippen molar-refractivity contribution in [2.75, 3.05) is 39.3 Å². The van der Waals surface area contributed by atoms with Crippen LogP contribution >= 0.6 is 11.3 Å². The third-order valence-electron chi connectivity index (χ3n) is 5.14. The maximum Gasteiger partial charge on any atom is 0.191 e. The smallest absolute Gasteiger partial charge is 0.191 e. The zero-order valence-electron chi connectivity index (χ0n) is 17.8. The molecule has 0 amide bonds. The van der Waals surface area contributed by atoms with Gasteiger partial charge in [-0.05, 0) is 49.9 Å². The first kappa shape index (κ1) is 22.7. The van der Waals surface area contributed by atoms with Crippen LogP contribution in [0.15, 0.2) is 52.8 Å². The molecule has 2 unspecified atom stereocenters. The molecule has 0 spiro atoms. The maximum absolute atomic E-state index is 10.3. The summed E-state index contributed by atoms with van der Waals surface area (Å²) in [5.41, 5.74) is 1.10. The molecule has 164 valence electrons. The minimum absolute atomic E-state index is 0.267. The van der Waals surface area contributed by atoms with E-state index < -0.39 is 6.10 Å². The zero-order valence-corrected chi connectivity index (χ0v) is 18.6. The summed E-state index contributed by atoms with van der Waals surface area (Å²) < 4.78 is 5.62. The van der Waals surface area contributed by atoms with Crippen molar-refractivity contribution in [1.82, 2.24) is 15.5 Å². The number of hydrogen-bond acceptors (Lipinski definition) is 5. The number of ether oxygens (including phenoxy) is 1. The molecule has 2 aromatic rings. The number of hydrogen-bond donors (Lipinski definition) is 3. The van der Waals surface area contributed by atoms with Gasteiger partial charge in [0.25, 0.3) is 0 Å². The fourth-order valence-electron chi connectivity index (χ4n) is 3.62. The van der Waals surface area contributed by atoms with Gasteiger partial charge in [0, 0.05) is 18.0 Å². The van der Waals surface area contributed by atoms with Gasteiger partial charge in [0.2, 0.25) is 0 Å². The normalized spacial score (nSPS) is 17.1. The van der Waals surface area contributed by atoms with Gasteiger partial charge in [-0.15, -0.1) is 11.3 Å². The van der Waals surface area contributed by atoms with E-state index in [2.05, 4.69) is 38.0 Å². The molecule has 0 aliphatic carbocycles. The van der Waals surface area contributed by atoms with Crippen molar-refractivity contribution in [3.63, 3.8) is 0 Å². The first-order valence-electron chi connectivity index (χ1n) is 10.9. The predicted molar refractivity (Wildman–Crippen MR) is 124 cm³/mol. The molecule has 30 heavy (non-hydrogen) atoms. The van der Waals surface area contributed by atoms with Crippen molar-refractivity contribution >= 4 is 17.3 Å². The van der Waals surface area contributed by atoms with Crippen LogP contribution in [-0.4, -0.2) is 61.4 Å². The zero-order chi connectivity index (χ0) is 21.0. The van der Waals surface area contributed by atoms with E-state index in [1.807, 2.05) is 48.6 Å². The van der Waals surface area contributed by atoms with Gasteiger partial charge in [-0.2, -0.15) is 0 Å². The summed E-state index contributed by atoms with van der Waals surface area (Å²) >= 11 is 1.81. The lowest BCUT2D eigenvalue weighted by atomic mass is 10.2. The monoisotopic (exact) mass is 430 g/mol. The van der Waals surface area contributed by atoms with Gasteiger partial charge in [-0.1, -0.05) is 36.4 Å². The molecule has 1 aliphatic rings. The van der Waals surface area contributed by atoms with Crippen LogP contribution in [0.1, 0.15) is 36.2 Å². The van der Waals surface area contributed by atoms with Gasteiger partial charge >= 0.3 is 0 Å². The fraction of sp³-hybridized carbons (Fsp3) is 0.522. The minimum atomic E-state index is -0.629. The third-order valence-corrected chi connectivity index (χ3v) is 6.12. The number of aliphatic hydroxyl groups is 1. The molecule has 1 aliphatic heterocycles. The molecule has 7 heteroatoms. The molecular weight excluding hydrogens is 396 g/mol. The molecule has 0 radical (unpaired) electrons. The largest absolute Gasteiger partial charge is 0.389 e. The first-order valence-corrected chi connectivity index (χ1v) is 11.7. The van der Waals surface area contributed by atoms with Gasteiger partial charge in [-0.3, -0.25) is 9.89 Å². The Morgan fingerprint density at radius 1 is 1.17 bits per heavy atom. The predicted octanol–water partition coefficient (Wildman–Crippen LogP) is 3.02. The summed E-state index contributed by atoms with van der Waals surface area (Å²) in [7, 11) is 0. The Morgan fingerprint density at radius 2 is 1.97 bits per heavy atom. The van der Waals surface area contributed by atoms with Gasteiger partial charge in [0.15, 0.2) is 5.96 Å². The second-order valence-electron chi connectivity index (χ2n) is 7.53. The van der Waals surface area contributed by atoms with Gasteiger partial charge < -0.3 is 20.5 Å². The minimum Gasteiger partial charge on any atom is -0.389 e. The molecule has 0 bridgehead atoms. The molecule has 3 rings (SSSR count). The standard InChI is InChI=1S/C23H34N4O2S/c1-2-24-23(25-15-20(28)18-29-17-19-9-4-3-5-10-19)26-16-21(22-11-8-14-30-22)27-12-6-7-13-27/h3-5,8-11,14,20-21,28H,2,6-7,12-13,15-18H2,1H3,(H2,24,25,26). The summed E-state index contributed by atoms with van der Waals surface area (Å²) in [5, 5.41) is 19.2. The van der Waals surface area contributed by atoms with E-state index in [0.29, 0.717) is 19.2 Å². The number of aliphatic hydroxyl groups excluding tert-OH is 1. The quantitative estimate of drug-likeness (QED) is 0.378. The lowest BCUT2D eigenvalue weighted by Gasteiger charge is -2.27. The number of aliphatic imine (C=N–C) groups is 1. The molecule has 1 fully saturated rings. The molecule has 0 saturated carbocycles. The molecular formula is C23H34N4O2S. The van der Waals surface area contributed by atoms with Gasteiger partial charge in [-0.25, -0.2) is 0 Å². The van der Waals surface area contributed by atoms with E-state index in [4.69, 9.17) is 4.74 Å². The maximum atomic E-state index is 10.3. The summed E-state index contributed by atoms with van der Waals surface area (Å²) in [6.45, 7) is 6.99. The van der Waals surface area contributed by atoms with Crippen LogP contribution in [0.5, 0.6) is 0 Å². The van der Waals surface area contributed by atoms with Gasteiger partial charge in [0.05, 0.1) is 31.9 Å². The molecule has 1 aromatic heterocycles. The summed E-state index contributed by atoms with van der Waals surface area (Å²) in [6, 6.07) is 14.7. The van der Waals surface area contributed by atoms with E-state index in [-0.39, 0.29) is 6.61 Å². The number of guanidine groups is 1. The summed E-state index contributed by atoms with van der Waals surface area (Å²) in [4.78, 5) is 8.50. The highest BCUT2D eigenvalue weighted by Crippen LogP contribution is 2.27. The second-order valence-corrected chi connectivity index (χ2v) is 8.51. The Labute approximate surface area is 184 Å². The van der Waals surface area contributed by atoms with Crippen LogP contribution in [0, 0.1) is 0 Å². The molecule has 1 aromatic carbocycles. The highest BCUT2D eigenvalue weighted by atomic mass is 32.1. The van der Waals surface area contributed by atoms with Gasteiger partial charge in [0.1, 0.15) is 0 Å².